The summed E-state index contributed by atoms with van der Waals surface area (Å²) in [6.07, 6.45) is -3.26. The number of carbonyl (C=O) groups excluding carboxylic acids is 2. The van der Waals surface area contributed by atoms with E-state index in [0.29, 0.717) is 27.9 Å². The van der Waals surface area contributed by atoms with Crippen molar-refractivity contribution in [3.05, 3.63) is 63.3 Å². The number of amides is 2. The first kappa shape index (κ1) is 22.9. The highest BCUT2D eigenvalue weighted by atomic mass is 79.9. The average Bonchev–Trinajstić information content (AvgIpc) is 3.33. The molecule has 0 fully saturated rings. The number of carbonyl (C=O) groups is 2. The first-order valence-electron chi connectivity index (χ1n) is 9.54. The normalized spacial score (nSPS) is 11.7. The zero-order valence-electron chi connectivity index (χ0n) is 16.9. The third kappa shape index (κ3) is 4.23. The van der Waals surface area contributed by atoms with Crippen LogP contribution in [0.2, 0.25) is 0 Å². The first-order chi connectivity index (χ1) is 15.6. The average molecular weight is 538 g/mol. The molecule has 3 N–H and O–H groups in total. The van der Waals surface area contributed by atoms with Gasteiger partial charge in [-0.3, -0.25) is 14.3 Å². The van der Waals surface area contributed by atoms with Crippen molar-refractivity contribution in [2.45, 2.75) is 19.6 Å². The van der Waals surface area contributed by atoms with Gasteiger partial charge in [-0.1, -0.05) is 30.3 Å². The van der Waals surface area contributed by atoms with E-state index in [9.17, 15) is 22.8 Å². The second-order valence-electron chi connectivity index (χ2n) is 6.88. The number of primary amides is 1. The number of thiophene rings is 1. The van der Waals surface area contributed by atoms with Crippen molar-refractivity contribution in [1.29, 1.82) is 0 Å². The van der Waals surface area contributed by atoms with Crippen LogP contribution in [0.25, 0.3) is 21.3 Å². The van der Waals surface area contributed by atoms with Gasteiger partial charge in [0.15, 0.2) is 0 Å². The highest BCUT2D eigenvalue weighted by Gasteiger charge is 2.35. The predicted molar refractivity (Wildman–Crippen MR) is 122 cm³/mol. The second kappa shape index (κ2) is 8.60. The minimum Gasteiger partial charge on any atom is -0.365 e. The lowest BCUT2D eigenvalue weighted by atomic mass is 10.0. The number of nitrogens with zero attached hydrogens (tertiary/aromatic N) is 3. The number of hydrogen-bond donors (Lipinski definition) is 2. The van der Waals surface area contributed by atoms with Crippen LogP contribution in [-0.4, -0.2) is 26.6 Å². The van der Waals surface area contributed by atoms with E-state index < -0.39 is 23.7 Å². The molecule has 0 saturated heterocycles. The second-order valence-corrected chi connectivity index (χ2v) is 8.73. The van der Waals surface area contributed by atoms with E-state index >= 15 is 0 Å². The minimum absolute atomic E-state index is 0.00308. The fourth-order valence-corrected chi connectivity index (χ4v) is 4.87. The van der Waals surface area contributed by atoms with Crippen LogP contribution in [0.15, 0.2) is 47.1 Å². The van der Waals surface area contributed by atoms with Gasteiger partial charge in [-0.05, 0) is 40.0 Å². The van der Waals surface area contributed by atoms with Crippen LogP contribution in [0, 0.1) is 0 Å². The molecule has 0 aliphatic heterocycles. The molecule has 7 nitrogen and oxygen atoms in total. The standard InChI is InChI=1S/C21H15BrF3N5O2S/c1-2-30-16(12(22)9-27-30)19(32)29-15-14-11(10-6-4-3-5-7-10)8-13(21(23,24)25)28-20(14)33-17(15)18(26)31/h3-9H,2H2,1H3,(H2,26,31)(H,29,32). The van der Waals surface area contributed by atoms with Gasteiger partial charge in [-0.15, -0.1) is 11.3 Å². The van der Waals surface area contributed by atoms with E-state index in [4.69, 9.17) is 5.73 Å². The molecule has 0 saturated carbocycles. The Kier molecular flexibility index (Phi) is 5.97. The Labute approximate surface area is 197 Å². The molecular weight excluding hydrogens is 523 g/mol. The monoisotopic (exact) mass is 537 g/mol. The Bertz CT molecular complexity index is 1380. The summed E-state index contributed by atoms with van der Waals surface area (Å²) in [6, 6.07) is 9.23. The highest BCUT2D eigenvalue weighted by molar-refractivity contribution is 9.10. The Hall–Kier alpha value is -3.25. The van der Waals surface area contributed by atoms with Crippen LogP contribution < -0.4 is 11.1 Å². The number of aryl methyl sites for hydroxylation is 1. The zero-order chi connectivity index (χ0) is 23.9. The Balaban J connectivity index is 1.99. The number of benzene rings is 1. The smallest absolute Gasteiger partial charge is 0.365 e. The van der Waals surface area contributed by atoms with Crippen LogP contribution >= 0.6 is 27.3 Å². The van der Waals surface area contributed by atoms with Gasteiger partial charge >= 0.3 is 6.18 Å². The number of pyridine rings is 1. The summed E-state index contributed by atoms with van der Waals surface area (Å²) in [5.41, 5.74) is 5.21. The predicted octanol–water partition coefficient (Wildman–Crippen LogP) is 5.31. The van der Waals surface area contributed by atoms with Crippen molar-refractivity contribution in [3.63, 3.8) is 0 Å². The molecule has 0 spiro atoms. The SMILES string of the molecule is CCn1ncc(Br)c1C(=O)Nc1c(C(N)=O)sc2nc(C(F)(F)F)cc(-c3ccccc3)c12. The van der Waals surface area contributed by atoms with Crippen molar-refractivity contribution in [1.82, 2.24) is 14.8 Å². The molecule has 2 amide bonds. The molecule has 12 heteroatoms. The van der Waals surface area contributed by atoms with Crippen LogP contribution in [0.1, 0.15) is 32.8 Å². The number of aromatic nitrogens is 3. The zero-order valence-corrected chi connectivity index (χ0v) is 19.3. The summed E-state index contributed by atoms with van der Waals surface area (Å²) < 4.78 is 42.6. The molecule has 3 heterocycles. The van der Waals surface area contributed by atoms with E-state index in [2.05, 4.69) is 31.3 Å². The van der Waals surface area contributed by atoms with Crippen molar-refractivity contribution in [3.8, 4) is 11.1 Å². The van der Waals surface area contributed by atoms with Crippen LogP contribution in [0.4, 0.5) is 18.9 Å². The van der Waals surface area contributed by atoms with Crippen LogP contribution in [-0.2, 0) is 12.7 Å². The number of nitrogens with two attached hydrogens (primary N) is 1. The molecule has 0 aliphatic rings. The topological polar surface area (TPSA) is 103 Å². The lowest BCUT2D eigenvalue weighted by molar-refractivity contribution is -0.140. The molecule has 0 aliphatic carbocycles. The lowest BCUT2D eigenvalue weighted by Gasteiger charge is -2.13. The van der Waals surface area contributed by atoms with Gasteiger partial charge in [0.05, 0.1) is 16.4 Å². The van der Waals surface area contributed by atoms with Crippen LogP contribution in [0.5, 0.6) is 0 Å². The minimum atomic E-state index is -4.71. The molecule has 0 radical (unpaired) electrons. The Morgan fingerprint density at radius 2 is 1.94 bits per heavy atom. The molecule has 3 aromatic heterocycles. The van der Waals surface area contributed by atoms with E-state index in [0.717, 1.165) is 6.07 Å². The number of halogens is 4. The number of nitrogens with one attached hydrogen (secondary N) is 1. The van der Waals surface area contributed by atoms with Gasteiger partial charge in [-0.25, -0.2) is 4.98 Å². The Morgan fingerprint density at radius 1 is 1.24 bits per heavy atom. The summed E-state index contributed by atoms with van der Waals surface area (Å²) in [5.74, 6) is -1.51. The van der Waals surface area contributed by atoms with E-state index in [1.54, 1.807) is 37.3 Å². The van der Waals surface area contributed by atoms with Crippen molar-refractivity contribution in [2.24, 2.45) is 5.73 Å². The van der Waals surface area contributed by atoms with E-state index in [-0.39, 0.29) is 32.0 Å². The van der Waals surface area contributed by atoms with Gasteiger partial charge in [0.2, 0.25) is 0 Å². The van der Waals surface area contributed by atoms with Crippen LogP contribution in [0.3, 0.4) is 0 Å². The summed E-state index contributed by atoms with van der Waals surface area (Å²) in [6.45, 7) is 2.19. The molecule has 4 aromatic rings. The maximum atomic E-state index is 13.6. The fourth-order valence-electron chi connectivity index (χ4n) is 3.38. The van der Waals surface area contributed by atoms with Gasteiger partial charge in [-0.2, -0.15) is 18.3 Å². The number of fused-ring (bicyclic) bond motifs is 1. The molecule has 0 unspecified atom stereocenters. The molecule has 170 valence electrons. The third-order valence-corrected chi connectivity index (χ3v) is 6.49. The summed E-state index contributed by atoms with van der Waals surface area (Å²) >= 11 is 3.96. The summed E-state index contributed by atoms with van der Waals surface area (Å²) in [7, 11) is 0. The fraction of sp³-hybridized carbons (Fsp3) is 0.143. The summed E-state index contributed by atoms with van der Waals surface area (Å²) in [5, 5.41) is 6.95. The van der Waals surface area contributed by atoms with Gasteiger partial charge < -0.3 is 11.1 Å². The van der Waals surface area contributed by atoms with Crippen molar-refractivity contribution < 1.29 is 22.8 Å². The van der Waals surface area contributed by atoms with Crippen molar-refractivity contribution >= 4 is 55.0 Å². The maximum absolute atomic E-state index is 13.6. The number of anilines is 1. The van der Waals surface area contributed by atoms with Gasteiger partial charge in [0.1, 0.15) is 21.1 Å². The Morgan fingerprint density at radius 3 is 2.55 bits per heavy atom. The number of alkyl halides is 3. The van der Waals surface area contributed by atoms with Gasteiger partial charge in [0.25, 0.3) is 11.8 Å². The maximum Gasteiger partial charge on any atom is 0.433 e. The quantitative estimate of drug-likeness (QED) is 0.360. The van der Waals surface area contributed by atoms with Gasteiger partial charge in [0, 0.05) is 11.9 Å². The largest absolute Gasteiger partial charge is 0.433 e. The van der Waals surface area contributed by atoms with Crippen molar-refractivity contribution in [2.75, 3.05) is 5.32 Å². The van der Waals surface area contributed by atoms with E-state index in [1.807, 2.05) is 0 Å². The highest BCUT2D eigenvalue weighted by Crippen LogP contribution is 2.43. The number of hydrogen-bond acceptors (Lipinski definition) is 5. The molecule has 1 aromatic carbocycles. The first-order valence-corrected chi connectivity index (χ1v) is 11.1. The third-order valence-electron chi connectivity index (χ3n) is 4.81. The molecular formula is C21H15BrF3N5O2S. The van der Waals surface area contributed by atoms with E-state index in [1.165, 1.54) is 10.9 Å². The summed E-state index contributed by atoms with van der Waals surface area (Å²) in [4.78, 5) is 28.8. The molecule has 0 bridgehead atoms. The number of rotatable bonds is 5. The molecule has 4 rings (SSSR count). The molecule has 33 heavy (non-hydrogen) atoms. The lowest BCUT2D eigenvalue weighted by Crippen LogP contribution is -2.20. The molecule has 0 atom stereocenters.